The highest BCUT2D eigenvalue weighted by Gasteiger charge is 2.18. The maximum Gasteiger partial charge on any atom is 0.274 e. The van der Waals surface area contributed by atoms with Crippen LogP contribution in [0.2, 0.25) is 0 Å². The topological polar surface area (TPSA) is 52.1 Å². The molecular weight excluding hydrogens is 236 g/mol. The number of ether oxygens (including phenoxy) is 1. The lowest BCUT2D eigenvalue weighted by atomic mass is 10.1. The largest absolute Gasteiger partial charge is 0.473 e. The number of aromatic nitrogens is 2. The first-order valence-electron chi connectivity index (χ1n) is 5.30. The number of ketones is 1. The molecule has 2 aromatic rings. The van der Waals surface area contributed by atoms with Crippen molar-refractivity contribution in [3.63, 3.8) is 0 Å². The number of hydrogen-bond acceptors (Lipinski definition) is 5. The van der Waals surface area contributed by atoms with Crippen LogP contribution in [-0.2, 0) is 4.79 Å². The number of carbonyl (C=O) groups is 1. The first-order valence-corrected chi connectivity index (χ1v) is 6.12. The molecule has 2 aromatic heterocycles. The fraction of sp³-hybridized carbons (Fsp3) is 0.250. The second kappa shape index (κ2) is 3.92. The minimum Gasteiger partial charge on any atom is -0.473 e. The van der Waals surface area contributed by atoms with Gasteiger partial charge in [0.2, 0.25) is 0 Å². The fourth-order valence-electron chi connectivity index (χ4n) is 1.96. The van der Waals surface area contributed by atoms with E-state index < -0.39 is 0 Å². The van der Waals surface area contributed by atoms with Crippen molar-refractivity contribution in [3.8, 4) is 5.19 Å². The van der Waals surface area contributed by atoms with Crippen LogP contribution in [0.3, 0.4) is 0 Å². The standard InChI is InChI=1S/C12H10N2O2S/c1-16-12-14-10-6-13-5-9(11(10)17-12)7-2-3-8(15)4-7/h4-6H,2-3H2,1H3. The lowest BCUT2D eigenvalue weighted by Gasteiger charge is -2.00. The summed E-state index contributed by atoms with van der Waals surface area (Å²) in [4.78, 5) is 19.8. The number of thiazole rings is 1. The Morgan fingerprint density at radius 2 is 2.24 bits per heavy atom. The first-order chi connectivity index (χ1) is 8.28. The van der Waals surface area contributed by atoms with E-state index in [0.29, 0.717) is 11.6 Å². The van der Waals surface area contributed by atoms with Crippen LogP contribution in [0.5, 0.6) is 5.19 Å². The van der Waals surface area contributed by atoms with Gasteiger partial charge in [-0.2, -0.15) is 0 Å². The van der Waals surface area contributed by atoms with Crippen molar-refractivity contribution in [1.82, 2.24) is 9.97 Å². The predicted molar refractivity (Wildman–Crippen MR) is 66.2 cm³/mol. The molecule has 0 aliphatic heterocycles. The number of allylic oxidation sites excluding steroid dienone is 2. The molecule has 1 aliphatic rings. The van der Waals surface area contributed by atoms with Gasteiger partial charge >= 0.3 is 0 Å². The lowest BCUT2D eigenvalue weighted by Crippen LogP contribution is -1.84. The van der Waals surface area contributed by atoms with Crippen molar-refractivity contribution in [2.45, 2.75) is 12.8 Å². The summed E-state index contributed by atoms with van der Waals surface area (Å²) in [6.07, 6.45) is 6.61. The average molecular weight is 246 g/mol. The van der Waals surface area contributed by atoms with Crippen LogP contribution in [0, 0.1) is 0 Å². The summed E-state index contributed by atoms with van der Waals surface area (Å²) >= 11 is 1.49. The van der Waals surface area contributed by atoms with Gasteiger partial charge in [-0.15, -0.1) is 0 Å². The molecule has 1 aliphatic carbocycles. The van der Waals surface area contributed by atoms with Gasteiger partial charge in [-0.25, -0.2) is 4.98 Å². The van der Waals surface area contributed by atoms with Crippen molar-refractivity contribution in [3.05, 3.63) is 24.0 Å². The number of rotatable bonds is 2. The molecule has 0 atom stereocenters. The van der Waals surface area contributed by atoms with E-state index in [1.54, 1.807) is 25.6 Å². The minimum atomic E-state index is 0.188. The molecule has 2 heterocycles. The van der Waals surface area contributed by atoms with E-state index in [-0.39, 0.29) is 5.78 Å². The molecular formula is C12H10N2O2S. The van der Waals surface area contributed by atoms with Gasteiger partial charge in [-0.1, -0.05) is 11.3 Å². The first kappa shape index (κ1) is 10.4. The maximum atomic E-state index is 11.3. The van der Waals surface area contributed by atoms with Gasteiger partial charge in [0.15, 0.2) is 5.78 Å². The molecule has 0 N–H and O–H groups in total. The van der Waals surface area contributed by atoms with Crippen LogP contribution in [0.15, 0.2) is 18.5 Å². The third-order valence-corrected chi connectivity index (χ3v) is 3.84. The molecule has 0 bridgehead atoms. The predicted octanol–water partition coefficient (Wildman–Crippen LogP) is 2.45. The van der Waals surface area contributed by atoms with Crippen molar-refractivity contribution < 1.29 is 9.53 Å². The van der Waals surface area contributed by atoms with Gasteiger partial charge in [0.25, 0.3) is 5.19 Å². The van der Waals surface area contributed by atoms with Crippen LogP contribution < -0.4 is 4.74 Å². The quantitative estimate of drug-likeness (QED) is 0.816. The summed E-state index contributed by atoms with van der Waals surface area (Å²) in [5.41, 5.74) is 2.89. The summed E-state index contributed by atoms with van der Waals surface area (Å²) in [5, 5.41) is 0.624. The van der Waals surface area contributed by atoms with E-state index in [4.69, 9.17) is 4.74 Å². The van der Waals surface area contributed by atoms with Crippen molar-refractivity contribution in [2.75, 3.05) is 7.11 Å². The van der Waals surface area contributed by atoms with Crippen molar-refractivity contribution in [2.24, 2.45) is 0 Å². The number of pyridine rings is 1. The van der Waals surface area contributed by atoms with Crippen molar-refractivity contribution in [1.29, 1.82) is 0 Å². The molecule has 0 spiro atoms. The molecule has 4 nitrogen and oxygen atoms in total. The maximum absolute atomic E-state index is 11.3. The molecule has 0 amide bonds. The molecule has 0 radical (unpaired) electrons. The van der Waals surface area contributed by atoms with Crippen molar-refractivity contribution >= 4 is 32.9 Å². The highest BCUT2D eigenvalue weighted by Crippen LogP contribution is 2.36. The monoisotopic (exact) mass is 246 g/mol. The van der Waals surface area contributed by atoms with E-state index in [9.17, 15) is 4.79 Å². The number of nitrogens with zero attached hydrogens (tertiary/aromatic N) is 2. The molecule has 17 heavy (non-hydrogen) atoms. The van der Waals surface area contributed by atoms with E-state index in [2.05, 4.69) is 9.97 Å². The van der Waals surface area contributed by atoms with Gasteiger partial charge in [-0.05, 0) is 18.1 Å². The molecule has 86 valence electrons. The number of carbonyl (C=O) groups excluding carboxylic acids is 1. The van der Waals surface area contributed by atoms with Gasteiger partial charge in [0.1, 0.15) is 5.52 Å². The molecule has 5 heteroatoms. The van der Waals surface area contributed by atoms with E-state index in [1.165, 1.54) is 11.3 Å². The Morgan fingerprint density at radius 1 is 1.35 bits per heavy atom. The summed E-state index contributed by atoms with van der Waals surface area (Å²) in [6.45, 7) is 0. The Kier molecular flexibility index (Phi) is 2.40. The van der Waals surface area contributed by atoms with Crippen LogP contribution >= 0.6 is 11.3 Å². The smallest absolute Gasteiger partial charge is 0.274 e. The van der Waals surface area contributed by atoms with Gasteiger partial charge in [0, 0.05) is 18.2 Å². The number of hydrogen-bond donors (Lipinski definition) is 0. The number of fused-ring (bicyclic) bond motifs is 1. The third kappa shape index (κ3) is 1.72. The second-order valence-electron chi connectivity index (χ2n) is 3.86. The van der Waals surface area contributed by atoms with Crippen LogP contribution in [-0.4, -0.2) is 22.9 Å². The summed E-state index contributed by atoms with van der Waals surface area (Å²) in [6, 6.07) is 0. The highest BCUT2D eigenvalue weighted by molar-refractivity contribution is 7.20. The summed E-state index contributed by atoms with van der Waals surface area (Å²) in [5.74, 6) is 0.188. The zero-order valence-corrected chi connectivity index (χ0v) is 10.1. The second-order valence-corrected chi connectivity index (χ2v) is 4.82. The lowest BCUT2D eigenvalue weighted by molar-refractivity contribution is -0.114. The Labute approximate surface area is 102 Å². The fourth-order valence-corrected chi connectivity index (χ4v) is 2.86. The molecule has 3 rings (SSSR count). The highest BCUT2D eigenvalue weighted by atomic mass is 32.1. The van der Waals surface area contributed by atoms with E-state index in [0.717, 1.165) is 27.8 Å². The number of methoxy groups -OCH3 is 1. The molecule has 0 saturated carbocycles. The Bertz CT molecular complexity index is 630. The summed E-state index contributed by atoms with van der Waals surface area (Å²) < 4.78 is 6.17. The van der Waals surface area contributed by atoms with Gasteiger partial charge < -0.3 is 4.74 Å². The van der Waals surface area contributed by atoms with E-state index in [1.807, 2.05) is 0 Å². The van der Waals surface area contributed by atoms with Crippen LogP contribution in [0.25, 0.3) is 15.8 Å². The Morgan fingerprint density at radius 3 is 2.94 bits per heavy atom. The van der Waals surface area contributed by atoms with E-state index >= 15 is 0 Å². The summed E-state index contributed by atoms with van der Waals surface area (Å²) in [7, 11) is 1.60. The van der Waals surface area contributed by atoms with Crippen LogP contribution in [0.4, 0.5) is 0 Å². The molecule has 0 fully saturated rings. The zero-order valence-electron chi connectivity index (χ0n) is 9.27. The molecule has 0 saturated heterocycles. The van der Waals surface area contributed by atoms with Crippen LogP contribution in [0.1, 0.15) is 18.4 Å². The normalized spacial score (nSPS) is 15.4. The van der Waals surface area contributed by atoms with Gasteiger partial charge in [0.05, 0.1) is 18.0 Å². The molecule has 0 aromatic carbocycles. The Balaban J connectivity index is 2.19. The SMILES string of the molecule is COc1nc2cncc(C3=CC(=O)CC3)c2s1. The Hall–Kier alpha value is -1.75. The van der Waals surface area contributed by atoms with Gasteiger partial charge in [-0.3, -0.25) is 9.78 Å². The minimum absolute atomic E-state index is 0.188. The third-order valence-electron chi connectivity index (χ3n) is 2.78. The zero-order chi connectivity index (χ0) is 11.8. The average Bonchev–Trinajstić information content (AvgIpc) is 2.93. The molecule has 0 unspecified atom stereocenters.